The van der Waals surface area contributed by atoms with E-state index >= 15 is 0 Å². The number of carbonyl (C=O) groups excluding carboxylic acids is 4. The van der Waals surface area contributed by atoms with Gasteiger partial charge in [-0.05, 0) is 74.8 Å². The van der Waals surface area contributed by atoms with E-state index in [2.05, 4.69) is 35.7 Å². The Labute approximate surface area is 255 Å². The second-order valence-corrected chi connectivity index (χ2v) is 9.95. The maximum absolute atomic E-state index is 12.9. The van der Waals surface area contributed by atoms with Crippen LogP contribution in [0.3, 0.4) is 0 Å². The number of carbonyl (C=O) groups is 4. The van der Waals surface area contributed by atoms with Crippen LogP contribution in [-0.2, 0) is 19.1 Å². The molecule has 0 aliphatic heterocycles. The molecule has 1 aromatic carbocycles. The first kappa shape index (κ1) is 36.7. The Bertz CT molecular complexity index is 1020. The number of amides is 3. The molecule has 0 spiro atoms. The fourth-order valence-corrected chi connectivity index (χ4v) is 3.45. The number of ether oxygens (including phenoxy) is 4. The highest BCUT2D eigenvalue weighted by atomic mass is 16.5. The summed E-state index contributed by atoms with van der Waals surface area (Å²) < 4.78 is 23.7. The number of hydrogen-bond acceptors (Lipinski definition) is 8. The first-order valence-electron chi connectivity index (χ1n) is 14.7. The Morgan fingerprint density at radius 2 is 1.07 bits per heavy atom. The van der Waals surface area contributed by atoms with Gasteiger partial charge in [0.25, 0.3) is 0 Å². The van der Waals surface area contributed by atoms with Gasteiger partial charge in [0.1, 0.15) is 0 Å². The zero-order valence-electron chi connectivity index (χ0n) is 25.5. The molecular formula is C32H47N3O8. The van der Waals surface area contributed by atoms with Gasteiger partial charge in [-0.25, -0.2) is 4.79 Å². The minimum Gasteiger partial charge on any atom is -0.490 e. The molecule has 1 rings (SSSR count). The van der Waals surface area contributed by atoms with Gasteiger partial charge in [-0.15, -0.1) is 0 Å². The minimum absolute atomic E-state index is 0.164. The molecule has 0 fully saturated rings. The lowest BCUT2D eigenvalue weighted by atomic mass is 10.1. The lowest BCUT2D eigenvalue weighted by Gasteiger charge is -2.19. The van der Waals surface area contributed by atoms with E-state index in [0.29, 0.717) is 95.2 Å². The third-order valence-corrected chi connectivity index (χ3v) is 5.73. The predicted molar refractivity (Wildman–Crippen MR) is 165 cm³/mol. The molecule has 11 heteroatoms. The van der Waals surface area contributed by atoms with Gasteiger partial charge in [0, 0.05) is 19.6 Å². The SMILES string of the molecule is C=CC(=O)NCCCCOc1cc(C(=O)OCC(C)C)cc(OCCCCNC(=O)C=C)c1OCCCCNC(=O)C=C. The monoisotopic (exact) mass is 601 g/mol. The van der Waals surface area contributed by atoms with Crippen LogP contribution in [0.5, 0.6) is 17.2 Å². The van der Waals surface area contributed by atoms with Crippen molar-refractivity contribution in [3.8, 4) is 17.2 Å². The van der Waals surface area contributed by atoms with Gasteiger partial charge in [-0.1, -0.05) is 33.6 Å². The van der Waals surface area contributed by atoms with Crippen LogP contribution >= 0.6 is 0 Å². The Morgan fingerprint density at radius 1 is 0.674 bits per heavy atom. The van der Waals surface area contributed by atoms with Gasteiger partial charge in [-0.3, -0.25) is 14.4 Å². The zero-order valence-corrected chi connectivity index (χ0v) is 25.5. The van der Waals surface area contributed by atoms with E-state index in [0.717, 1.165) is 0 Å². The number of esters is 1. The molecule has 11 nitrogen and oxygen atoms in total. The van der Waals surface area contributed by atoms with Crippen LogP contribution in [0.25, 0.3) is 0 Å². The third kappa shape index (κ3) is 16.7. The van der Waals surface area contributed by atoms with E-state index in [4.69, 9.17) is 18.9 Å². The van der Waals surface area contributed by atoms with Crippen LogP contribution < -0.4 is 30.2 Å². The van der Waals surface area contributed by atoms with Crippen molar-refractivity contribution >= 4 is 23.7 Å². The van der Waals surface area contributed by atoms with Crippen LogP contribution in [0, 0.1) is 5.92 Å². The van der Waals surface area contributed by atoms with Crippen molar-refractivity contribution in [1.82, 2.24) is 16.0 Å². The maximum Gasteiger partial charge on any atom is 0.338 e. The van der Waals surface area contributed by atoms with Crippen molar-refractivity contribution in [2.45, 2.75) is 52.4 Å². The van der Waals surface area contributed by atoms with Crippen molar-refractivity contribution in [1.29, 1.82) is 0 Å². The van der Waals surface area contributed by atoms with E-state index in [1.165, 1.54) is 18.2 Å². The summed E-state index contributed by atoms with van der Waals surface area (Å²) in [7, 11) is 0. The predicted octanol–water partition coefficient (Wildman–Crippen LogP) is 3.88. The van der Waals surface area contributed by atoms with Gasteiger partial charge < -0.3 is 34.9 Å². The molecule has 3 N–H and O–H groups in total. The molecule has 0 atom stereocenters. The molecule has 0 aliphatic carbocycles. The van der Waals surface area contributed by atoms with Crippen molar-refractivity contribution in [3.63, 3.8) is 0 Å². The summed E-state index contributed by atoms with van der Waals surface area (Å²) in [6.07, 6.45) is 7.59. The van der Waals surface area contributed by atoms with Gasteiger partial charge >= 0.3 is 5.97 Å². The lowest BCUT2D eigenvalue weighted by molar-refractivity contribution is -0.117. The quantitative estimate of drug-likeness (QED) is 0.0921. The van der Waals surface area contributed by atoms with E-state index in [-0.39, 0.29) is 35.8 Å². The van der Waals surface area contributed by atoms with Crippen LogP contribution in [0.15, 0.2) is 50.1 Å². The second-order valence-electron chi connectivity index (χ2n) is 9.95. The van der Waals surface area contributed by atoms with E-state index in [1.807, 2.05) is 13.8 Å². The number of hydrogen-bond donors (Lipinski definition) is 3. The van der Waals surface area contributed by atoms with Gasteiger partial charge in [0.2, 0.25) is 23.5 Å². The average molecular weight is 602 g/mol. The molecule has 0 aliphatic rings. The highest BCUT2D eigenvalue weighted by molar-refractivity contribution is 5.91. The molecule has 0 saturated heterocycles. The third-order valence-electron chi connectivity index (χ3n) is 5.73. The van der Waals surface area contributed by atoms with Crippen LogP contribution in [0.2, 0.25) is 0 Å². The van der Waals surface area contributed by atoms with Gasteiger partial charge in [-0.2, -0.15) is 0 Å². The van der Waals surface area contributed by atoms with Crippen LogP contribution in [0.4, 0.5) is 0 Å². The number of benzene rings is 1. The summed E-state index contributed by atoms with van der Waals surface area (Å²) in [5.41, 5.74) is 0.265. The molecule has 238 valence electrons. The summed E-state index contributed by atoms with van der Waals surface area (Å²) in [5.74, 6) is -0.0265. The van der Waals surface area contributed by atoms with Gasteiger partial charge in [0.15, 0.2) is 11.5 Å². The molecular weight excluding hydrogens is 554 g/mol. The first-order chi connectivity index (χ1) is 20.7. The highest BCUT2D eigenvalue weighted by Gasteiger charge is 2.20. The topological polar surface area (TPSA) is 141 Å². The Balaban J connectivity index is 3.05. The van der Waals surface area contributed by atoms with Crippen molar-refractivity contribution in [3.05, 3.63) is 55.7 Å². The number of rotatable bonds is 24. The van der Waals surface area contributed by atoms with Crippen molar-refractivity contribution in [2.24, 2.45) is 5.92 Å². The molecule has 0 bridgehead atoms. The fourth-order valence-electron chi connectivity index (χ4n) is 3.45. The largest absolute Gasteiger partial charge is 0.490 e. The Kier molecular flexibility index (Phi) is 19.1. The summed E-state index contributed by atoms with van der Waals surface area (Å²) in [5, 5.41) is 8.17. The van der Waals surface area contributed by atoms with E-state index in [9.17, 15) is 19.2 Å². The molecule has 0 saturated carbocycles. The molecule has 43 heavy (non-hydrogen) atoms. The summed E-state index contributed by atoms with van der Waals surface area (Å²) in [6, 6.07) is 3.17. The Hall–Kier alpha value is -4.28. The second kappa shape index (κ2) is 22.3. The molecule has 0 heterocycles. The van der Waals surface area contributed by atoms with Gasteiger partial charge in [0.05, 0.1) is 32.0 Å². The summed E-state index contributed by atoms with van der Waals surface area (Å²) in [4.78, 5) is 47.0. The first-order valence-corrected chi connectivity index (χ1v) is 14.7. The smallest absolute Gasteiger partial charge is 0.338 e. The van der Waals surface area contributed by atoms with Crippen molar-refractivity contribution < 1.29 is 38.1 Å². The molecule has 0 unspecified atom stereocenters. The molecule has 3 amide bonds. The normalized spacial score (nSPS) is 10.3. The Morgan fingerprint density at radius 3 is 1.44 bits per heavy atom. The lowest BCUT2D eigenvalue weighted by Crippen LogP contribution is -2.22. The summed E-state index contributed by atoms with van der Waals surface area (Å²) in [6.45, 7) is 16.8. The fraction of sp³-hybridized carbons (Fsp3) is 0.500. The van der Waals surface area contributed by atoms with E-state index < -0.39 is 5.97 Å². The van der Waals surface area contributed by atoms with Crippen molar-refractivity contribution in [2.75, 3.05) is 46.1 Å². The number of unbranched alkanes of at least 4 members (excludes halogenated alkanes) is 3. The minimum atomic E-state index is -0.507. The maximum atomic E-state index is 12.9. The molecule has 0 aromatic heterocycles. The molecule has 1 aromatic rings. The van der Waals surface area contributed by atoms with E-state index in [1.54, 1.807) is 12.1 Å². The molecule has 0 radical (unpaired) electrons. The van der Waals surface area contributed by atoms with Crippen LogP contribution in [0.1, 0.15) is 62.7 Å². The number of nitrogens with one attached hydrogen (secondary N) is 3. The standard InChI is InChI=1S/C32H47N3O8/c1-6-28(36)33-15-9-12-18-40-26-21-25(32(39)43-23-24(4)5)22-27(41-19-13-10-16-34-29(37)7-2)31(26)42-20-14-11-17-35-30(38)8-3/h6-8,21-22,24H,1-3,9-20,23H2,4-5H3,(H,33,36)(H,34,37)(H,35,38). The van der Waals surface area contributed by atoms with Crippen LogP contribution in [-0.4, -0.2) is 69.8 Å². The highest BCUT2D eigenvalue weighted by Crippen LogP contribution is 2.40. The average Bonchev–Trinajstić information content (AvgIpc) is 3.00. The summed E-state index contributed by atoms with van der Waals surface area (Å²) >= 11 is 0. The zero-order chi connectivity index (χ0) is 31.9.